The summed E-state index contributed by atoms with van der Waals surface area (Å²) >= 11 is 0. The smallest absolute Gasteiger partial charge is 0.122 e. The van der Waals surface area contributed by atoms with Crippen LogP contribution in [-0.2, 0) is 13.1 Å². The average Bonchev–Trinajstić information content (AvgIpc) is 2.74. The van der Waals surface area contributed by atoms with Crippen LogP contribution >= 0.6 is 0 Å². The number of hydrogen-bond donors (Lipinski definition) is 1. The van der Waals surface area contributed by atoms with Crippen LogP contribution in [0.3, 0.4) is 0 Å². The first-order chi connectivity index (χ1) is 8.65. The lowest BCUT2D eigenvalue weighted by Crippen LogP contribution is -2.24. The predicted octanol–water partition coefficient (Wildman–Crippen LogP) is 2.13. The number of nitrogens with one attached hydrogen (secondary N) is 1. The fourth-order valence-corrected chi connectivity index (χ4v) is 1.85. The molecule has 0 radical (unpaired) electrons. The van der Waals surface area contributed by atoms with Crippen molar-refractivity contribution in [2.45, 2.75) is 39.9 Å². The van der Waals surface area contributed by atoms with Gasteiger partial charge in [0.2, 0.25) is 0 Å². The fourth-order valence-electron chi connectivity index (χ4n) is 1.85. The fraction of sp³-hybridized carbons (Fsp3) is 0.429. The highest BCUT2D eigenvalue weighted by atomic mass is 15.1. The lowest BCUT2D eigenvalue weighted by atomic mass is 10.2. The Balaban J connectivity index is 2.07. The molecule has 2 aromatic heterocycles. The molecule has 0 aliphatic rings. The van der Waals surface area contributed by atoms with Crippen LogP contribution in [-0.4, -0.2) is 20.6 Å². The quantitative estimate of drug-likeness (QED) is 0.876. The Hall–Kier alpha value is -1.68. The highest BCUT2D eigenvalue weighted by Gasteiger charge is 2.04. The van der Waals surface area contributed by atoms with E-state index in [1.165, 1.54) is 11.1 Å². The zero-order valence-corrected chi connectivity index (χ0v) is 11.2. The minimum Gasteiger partial charge on any atom is -0.329 e. The van der Waals surface area contributed by atoms with Gasteiger partial charge in [0.25, 0.3) is 0 Å². The number of hydrogen-bond acceptors (Lipinski definition) is 3. The summed E-state index contributed by atoms with van der Waals surface area (Å²) in [6.07, 6.45) is 7.64. The van der Waals surface area contributed by atoms with Crippen molar-refractivity contribution in [2.24, 2.45) is 0 Å². The van der Waals surface area contributed by atoms with Gasteiger partial charge in [-0.3, -0.25) is 4.98 Å². The van der Waals surface area contributed by atoms with Gasteiger partial charge in [-0.25, -0.2) is 4.98 Å². The van der Waals surface area contributed by atoms with Crippen molar-refractivity contribution >= 4 is 0 Å². The maximum Gasteiger partial charge on any atom is 0.122 e. The van der Waals surface area contributed by atoms with E-state index in [9.17, 15) is 0 Å². The van der Waals surface area contributed by atoms with Crippen LogP contribution in [0.5, 0.6) is 0 Å². The molecule has 2 aromatic rings. The molecule has 4 heteroatoms. The standard InChI is InChI=1S/C14H20N4/c1-11(2)17-9-14-16-4-5-18(14)10-13-6-12(3)7-15-8-13/h4-8,11,17H,9-10H2,1-3H3. The third kappa shape index (κ3) is 3.40. The van der Waals surface area contributed by atoms with Crippen molar-refractivity contribution in [3.63, 3.8) is 0 Å². The van der Waals surface area contributed by atoms with Gasteiger partial charge in [-0.05, 0) is 18.1 Å². The first-order valence-corrected chi connectivity index (χ1v) is 6.29. The Labute approximate surface area is 108 Å². The summed E-state index contributed by atoms with van der Waals surface area (Å²) in [6.45, 7) is 7.95. The summed E-state index contributed by atoms with van der Waals surface area (Å²) in [5, 5.41) is 3.39. The van der Waals surface area contributed by atoms with Gasteiger partial charge in [-0.15, -0.1) is 0 Å². The summed E-state index contributed by atoms with van der Waals surface area (Å²) < 4.78 is 2.16. The maximum absolute atomic E-state index is 4.39. The Kier molecular flexibility index (Phi) is 4.10. The molecular weight excluding hydrogens is 224 g/mol. The number of aromatic nitrogens is 3. The minimum absolute atomic E-state index is 0.468. The zero-order valence-electron chi connectivity index (χ0n) is 11.2. The van der Waals surface area contributed by atoms with Crippen LogP contribution in [0.1, 0.15) is 30.8 Å². The number of nitrogens with zero attached hydrogens (tertiary/aromatic N) is 3. The Bertz CT molecular complexity index is 502. The molecule has 0 aliphatic carbocycles. The van der Waals surface area contributed by atoms with E-state index >= 15 is 0 Å². The van der Waals surface area contributed by atoms with E-state index in [0.717, 1.165) is 18.9 Å². The monoisotopic (exact) mass is 244 g/mol. The molecule has 2 heterocycles. The first-order valence-electron chi connectivity index (χ1n) is 6.29. The maximum atomic E-state index is 4.39. The second-order valence-electron chi connectivity index (χ2n) is 4.88. The molecule has 18 heavy (non-hydrogen) atoms. The van der Waals surface area contributed by atoms with E-state index in [1.54, 1.807) is 0 Å². The third-order valence-electron chi connectivity index (χ3n) is 2.75. The number of imidazole rings is 1. The molecule has 96 valence electrons. The van der Waals surface area contributed by atoms with Gasteiger partial charge in [0.15, 0.2) is 0 Å². The largest absolute Gasteiger partial charge is 0.329 e. The first kappa shape index (κ1) is 12.8. The Morgan fingerprint density at radius 1 is 1.33 bits per heavy atom. The van der Waals surface area contributed by atoms with E-state index in [0.29, 0.717) is 6.04 Å². The zero-order chi connectivity index (χ0) is 13.0. The molecule has 0 unspecified atom stereocenters. The molecule has 0 aromatic carbocycles. The van der Waals surface area contributed by atoms with Gasteiger partial charge in [0.05, 0.1) is 13.1 Å². The highest BCUT2D eigenvalue weighted by molar-refractivity contribution is 5.17. The van der Waals surface area contributed by atoms with Crippen LogP contribution in [0.25, 0.3) is 0 Å². The number of aryl methyl sites for hydroxylation is 1. The molecule has 1 N–H and O–H groups in total. The second kappa shape index (κ2) is 5.78. The van der Waals surface area contributed by atoms with E-state index in [-0.39, 0.29) is 0 Å². The van der Waals surface area contributed by atoms with Crippen molar-refractivity contribution in [1.29, 1.82) is 0 Å². The molecule has 0 bridgehead atoms. The summed E-state index contributed by atoms with van der Waals surface area (Å²) in [6, 6.07) is 2.63. The van der Waals surface area contributed by atoms with Crippen molar-refractivity contribution in [1.82, 2.24) is 19.9 Å². The van der Waals surface area contributed by atoms with Gasteiger partial charge in [0, 0.05) is 30.8 Å². The van der Waals surface area contributed by atoms with Gasteiger partial charge in [-0.2, -0.15) is 0 Å². The van der Waals surface area contributed by atoms with Gasteiger partial charge < -0.3 is 9.88 Å². The molecule has 0 spiro atoms. The van der Waals surface area contributed by atoms with E-state index in [2.05, 4.69) is 46.7 Å². The molecule has 0 atom stereocenters. The van der Waals surface area contributed by atoms with Gasteiger partial charge in [-0.1, -0.05) is 19.9 Å². The topological polar surface area (TPSA) is 42.7 Å². The molecule has 0 aliphatic heterocycles. The normalized spacial score (nSPS) is 11.1. The molecule has 2 rings (SSSR count). The van der Waals surface area contributed by atoms with Crippen molar-refractivity contribution < 1.29 is 0 Å². The Morgan fingerprint density at radius 3 is 2.89 bits per heavy atom. The molecular formula is C14H20N4. The Morgan fingerprint density at radius 2 is 2.17 bits per heavy atom. The van der Waals surface area contributed by atoms with E-state index in [1.807, 2.05) is 24.8 Å². The summed E-state index contributed by atoms with van der Waals surface area (Å²) in [7, 11) is 0. The summed E-state index contributed by atoms with van der Waals surface area (Å²) in [4.78, 5) is 8.61. The highest BCUT2D eigenvalue weighted by Crippen LogP contribution is 2.06. The molecule has 0 amide bonds. The lowest BCUT2D eigenvalue weighted by molar-refractivity contribution is 0.554. The van der Waals surface area contributed by atoms with Gasteiger partial charge >= 0.3 is 0 Å². The van der Waals surface area contributed by atoms with Crippen LogP contribution in [0.4, 0.5) is 0 Å². The van der Waals surface area contributed by atoms with Crippen molar-refractivity contribution in [2.75, 3.05) is 0 Å². The SMILES string of the molecule is Cc1cncc(Cn2ccnc2CNC(C)C)c1. The van der Waals surface area contributed by atoms with Crippen molar-refractivity contribution in [3.05, 3.63) is 47.8 Å². The van der Waals surface area contributed by atoms with E-state index in [4.69, 9.17) is 0 Å². The number of pyridine rings is 1. The molecule has 0 saturated carbocycles. The average molecular weight is 244 g/mol. The third-order valence-corrected chi connectivity index (χ3v) is 2.75. The van der Waals surface area contributed by atoms with Gasteiger partial charge in [0.1, 0.15) is 5.82 Å². The van der Waals surface area contributed by atoms with Crippen LogP contribution in [0, 0.1) is 6.92 Å². The second-order valence-corrected chi connectivity index (χ2v) is 4.88. The van der Waals surface area contributed by atoms with Crippen molar-refractivity contribution in [3.8, 4) is 0 Å². The van der Waals surface area contributed by atoms with Crippen LogP contribution in [0.2, 0.25) is 0 Å². The van der Waals surface area contributed by atoms with Crippen LogP contribution < -0.4 is 5.32 Å². The predicted molar refractivity (Wildman–Crippen MR) is 72.3 cm³/mol. The summed E-state index contributed by atoms with van der Waals surface area (Å²) in [5.41, 5.74) is 2.40. The molecule has 4 nitrogen and oxygen atoms in total. The number of rotatable bonds is 5. The van der Waals surface area contributed by atoms with Crippen LogP contribution in [0.15, 0.2) is 30.9 Å². The molecule has 0 saturated heterocycles. The summed E-state index contributed by atoms with van der Waals surface area (Å²) in [5.74, 6) is 1.06. The minimum atomic E-state index is 0.468. The van der Waals surface area contributed by atoms with E-state index < -0.39 is 0 Å². The molecule has 0 fully saturated rings. The lowest BCUT2D eigenvalue weighted by Gasteiger charge is -2.11.